The summed E-state index contributed by atoms with van der Waals surface area (Å²) in [5.74, 6) is -2.95. The Morgan fingerprint density at radius 1 is 1.00 bits per heavy atom. The van der Waals surface area contributed by atoms with Gasteiger partial charge in [-0.15, -0.1) is 0 Å². The summed E-state index contributed by atoms with van der Waals surface area (Å²) in [5.41, 5.74) is -0.649. The van der Waals surface area contributed by atoms with Crippen LogP contribution in [0, 0.1) is 5.41 Å². The fourth-order valence-electron chi connectivity index (χ4n) is 3.62. The van der Waals surface area contributed by atoms with Crippen LogP contribution in [0.5, 0.6) is 0 Å². The standard InChI is InChI=1S/C15H23F2NO2S/c16-15(17)7-9-18(10-8-15)12(19)11(21)14(20)5-3-13(1-2-13)4-6-14/h11,20-21H,1-10H2. The van der Waals surface area contributed by atoms with Crippen molar-refractivity contribution >= 4 is 18.5 Å². The number of amides is 1. The van der Waals surface area contributed by atoms with Crippen LogP contribution in [0.15, 0.2) is 0 Å². The van der Waals surface area contributed by atoms with Crippen LogP contribution >= 0.6 is 12.6 Å². The highest BCUT2D eigenvalue weighted by Crippen LogP contribution is 2.58. The van der Waals surface area contributed by atoms with E-state index < -0.39 is 16.8 Å². The van der Waals surface area contributed by atoms with Crippen LogP contribution < -0.4 is 0 Å². The molecule has 0 radical (unpaired) electrons. The van der Waals surface area contributed by atoms with Crippen LogP contribution in [-0.4, -0.2) is 45.8 Å². The lowest BCUT2D eigenvalue weighted by Crippen LogP contribution is -2.54. The van der Waals surface area contributed by atoms with Crippen LogP contribution in [0.25, 0.3) is 0 Å². The molecule has 1 N–H and O–H groups in total. The molecule has 0 bridgehead atoms. The number of piperidine rings is 1. The van der Waals surface area contributed by atoms with Crippen molar-refractivity contribution in [1.82, 2.24) is 4.90 Å². The molecule has 3 fully saturated rings. The number of likely N-dealkylation sites (tertiary alicyclic amines) is 1. The molecule has 1 aliphatic heterocycles. The fraction of sp³-hybridized carbons (Fsp3) is 0.933. The van der Waals surface area contributed by atoms with Crippen molar-refractivity contribution in [3.05, 3.63) is 0 Å². The van der Waals surface area contributed by atoms with Gasteiger partial charge in [0.1, 0.15) is 5.25 Å². The Kier molecular flexibility index (Phi) is 3.76. The zero-order valence-corrected chi connectivity index (χ0v) is 13.0. The maximum Gasteiger partial charge on any atom is 0.251 e. The largest absolute Gasteiger partial charge is 0.388 e. The van der Waals surface area contributed by atoms with E-state index in [1.165, 1.54) is 17.7 Å². The third kappa shape index (κ3) is 3.07. The van der Waals surface area contributed by atoms with Crippen molar-refractivity contribution in [1.29, 1.82) is 0 Å². The summed E-state index contributed by atoms with van der Waals surface area (Å²) >= 11 is 4.36. The number of halogens is 2. The zero-order chi connectivity index (χ0) is 15.3. The predicted octanol–water partition coefficient (Wildman–Crippen LogP) is 2.63. The third-order valence-corrected chi connectivity index (χ3v) is 6.38. The Balaban J connectivity index is 1.59. The molecule has 1 saturated heterocycles. The highest BCUT2D eigenvalue weighted by molar-refractivity contribution is 7.81. The maximum atomic E-state index is 13.2. The molecule has 6 heteroatoms. The molecular weight excluding hydrogens is 296 g/mol. The van der Waals surface area contributed by atoms with Gasteiger partial charge >= 0.3 is 0 Å². The van der Waals surface area contributed by atoms with E-state index in [-0.39, 0.29) is 31.8 Å². The van der Waals surface area contributed by atoms with Gasteiger partial charge in [-0.3, -0.25) is 4.79 Å². The number of alkyl halides is 2. The van der Waals surface area contributed by atoms with Crippen molar-refractivity contribution in [2.24, 2.45) is 5.41 Å². The summed E-state index contributed by atoms with van der Waals surface area (Å²) < 4.78 is 26.3. The molecule has 21 heavy (non-hydrogen) atoms. The number of carbonyl (C=O) groups is 1. The fourth-order valence-corrected chi connectivity index (χ4v) is 4.04. The minimum atomic E-state index is -2.66. The van der Waals surface area contributed by atoms with Crippen LogP contribution in [0.1, 0.15) is 51.4 Å². The van der Waals surface area contributed by atoms with Crippen LogP contribution in [0.4, 0.5) is 8.78 Å². The summed E-state index contributed by atoms with van der Waals surface area (Å²) in [5, 5.41) is 9.94. The minimum Gasteiger partial charge on any atom is -0.388 e. The Morgan fingerprint density at radius 3 is 1.95 bits per heavy atom. The number of thiol groups is 1. The maximum absolute atomic E-state index is 13.2. The van der Waals surface area contributed by atoms with E-state index in [0.29, 0.717) is 18.3 Å². The van der Waals surface area contributed by atoms with Crippen molar-refractivity contribution < 1.29 is 18.7 Å². The zero-order valence-electron chi connectivity index (χ0n) is 12.2. The van der Waals surface area contributed by atoms with Crippen molar-refractivity contribution in [2.45, 2.75) is 68.1 Å². The quantitative estimate of drug-likeness (QED) is 0.768. The van der Waals surface area contributed by atoms with E-state index in [1.54, 1.807) is 0 Å². The first kappa shape index (κ1) is 15.5. The molecule has 1 spiro atoms. The number of hydrogen-bond acceptors (Lipinski definition) is 3. The van der Waals surface area contributed by atoms with E-state index in [9.17, 15) is 18.7 Å². The average Bonchev–Trinajstić information content (AvgIpc) is 3.21. The van der Waals surface area contributed by atoms with E-state index in [2.05, 4.69) is 12.6 Å². The lowest BCUT2D eigenvalue weighted by molar-refractivity contribution is -0.142. The molecule has 1 unspecified atom stereocenters. The van der Waals surface area contributed by atoms with Gasteiger partial charge in [0.15, 0.2) is 0 Å². The second-order valence-corrected chi connectivity index (χ2v) is 7.70. The SMILES string of the molecule is O=C(C(S)C1(O)CCC2(CC2)CC1)N1CCC(F)(F)CC1. The van der Waals surface area contributed by atoms with E-state index in [0.717, 1.165) is 12.8 Å². The topological polar surface area (TPSA) is 40.5 Å². The predicted molar refractivity (Wildman–Crippen MR) is 78.6 cm³/mol. The van der Waals surface area contributed by atoms with Gasteiger partial charge in [-0.2, -0.15) is 12.6 Å². The molecular formula is C15H23F2NO2S. The molecule has 3 aliphatic rings. The van der Waals surface area contributed by atoms with Gasteiger partial charge in [-0.25, -0.2) is 8.78 Å². The van der Waals surface area contributed by atoms with Crippen molar-refractivity contribution in [3.63, 3.8) is 0 Å². The summed E-state index contributed by atoms with van der Waals surface area (Å²) in [4.78, 5) is 13.9. The van der Waals surface area contributed by atoms with Crippen molar-refractivity contribution in [2.75, 3.05) is 13.1 Å². The van der Waals surface area contributed by atoms with Gasteiger partial charge in [0, 0.05) is 25.9 Å². The normalized spacial score (nSPS) is 31.0. The molecule has 3 rings (SSSR count). The number of nitrogens with zero attached hydrogens (tertiary/aromatic N) is 1. The highest BCUT2D eigenvalue weighted by atomic mass is 32.1. The minimum absolute atomic E-state index is 0.0584. The van der Waals surface area contributed by atoms with Crippen molar-refractivity contribution in [3.8, 4) is 0 Å². The summed E-state index contributed by atoms with van der Waals surface area (Å²) in [6.45, 7) is 0.117. The molecule has 0 aromatic rings. The number of hydrogen-bond donors (Lipinski definition) is 2. The monoisotopic (exact) mass is 319 g/mol. The Labute approximate surface area is 129 Å². The first-order chi connectivity index (χ1) is 9.75. The van der Waals surface area contributed by atoms with Gasteiger partial charge in [0.25, 0.3) is 5.92 Å². The van der Waals surface area contributed by atoms with Crippen LogP contribution in [0.2, 0.25) is 0 Å². The highest BCUT2D eigenvalue weighted by Gasteiger charge is 2.52. The summed E-state index contributed by atoms with van der Waals surface area (Å²) in [6, 6.07) is 0. The molecule has 0 aromatic heterocycles. The molecule has 3 nitrogen and oxygen atoms in total. The Morgan fingerprint density at radius 2 is 1.48 bits per heavy atom. The number of rotatable bonds is 2. The molecule has 120 valence electrons. The van der Waals surface area contributed by atoms with Gasteiger partial charge < -0.3 is 10.0 Å². The Hall–Kier alpha value is -0.360. The van der Waals surface area contributed by atoms with E-state index in [4.69, 9.17) is 0 Å². The molecule has 0 aromatic carbocycles. The van der Waals surface area contributed by atoms with Gasteiger partial charge in [0.2, 0.25) is 5.91 Å². The van der Waals surface area contributed by atoms with Crippen LogP contribution in [-0.2, 0) is 4.79 Å². The lowest BCUT2D eigenvalue weighted by atomic mass is 9.75. The smallest absolute Gasteiger partial charge is 0.251 e. The van der Waals surface area contributed by atoms with Gasteiger partial charge in [-0.1, -0.05) is 0 Å². The second kappa shape index (κ2) is 5.08. The summed E-state index contributed by atoms with van der Waals surface area (Å²) in [7, 11) is 0. The second-order valence-electron chi connectivity index (χ2n) is 7.19. The first-order valence-corrected chi connectivity index (χ1v) is 8.34. The first-order valence-electron chi connectivity index (χ1n) is 7.83. The molecule has 1 atom stereocenters. The third-order valence-electron chi connectivity index (χ3n) is 5.68. The van der Waals surface area contributed by atoms with Crippen LogP contribution in [0.3, 0.4) is 0 Å². The molecule has 2 saturated carbocycles. The Bertz CT molecular complexity index is 419. The van der Waals surface area contributed by atoms with E-state index >= 15 is 0 Å². The van der Waals surface area contributed by atoms with E-state index in [1.807, 2.05) is 0 Å². The molecule has 1 amide bonds. The number of carbonyl (C=O) groups excluding carboxylic acids is 1. The molecule has 1 heterocycles. The number of aliphatic hydroxyl groups is 1. The van der Waals surface area contributed by atoms with Gasteiger partial charge in [0.05, 0.1) is 5.60 Å². The lowest BCUT2D eigenvalue weighted by Gasteiger charge is -2.42. The average molecular weight is 319 g/mol. The van der Waals surface area contributed by atoms with Gasteiger partial charge in [-0.05, 0) is 43.9 Å². The summed E-state index contributed by atoms with van der Waals surface area (Å²) in [6.07, 6.45) is 4.97. The molecule has 2 aliphatic carbocycles.